The summed E-state index contributed by atoms with van der Waals surface area (Å²) in [6, 6.07) is 3.62. The van der Waals surface area contributed by atoms with Gasteiger partial charge in [0.15, 0.2) is 0 Å². The lowest BCUT2D eigenvalue weighted by molar-refractivity contribution is -0.0500. The molecule has 1 aliphatic heterocycles. The molecule has 0 spiro atoms. The zero-order chi connectivity index (χ0) is 12.3. The average molecular weight is 243 g/mol. The lowest BCUT2D eigenvalue weighted by atomic mass is 10.2. The highest BCUT2D eigenvalue weighted by Crippen LogP contribution is 2.18. The van der Waals surface area contributed by atoms with Crippen LogP contribution in [0.3, 0.4) is 0 Å². The van der Waals surface area contributed by atoms with E-state index in [4.69, 9.17) is 0 Å². The van der Waals surface area contributed by atoms with Crippen LogP contribution >= 0.6 is 0 Å². The number of nitrogens with zero attached hydrogens (tertiary/aromatic N) is 2. The van der Waals surface area contributed by atoms with E-state index in [1.54, 1.807) is 6.07 Å². The zero-order valence-corrected chi connectivity index (χ0v) is 9.57. The van der Waals surface area contributed by atoms with E-state index in [1.807, 2.05) is 0 Å². The first-order valence-corrected chi connectivity index (χ1v) is 5.54. The number of alkyl halides is 2. The van der Waals surface area contributed by atoms with E-state index in [9.17, 15) is 8.78 Å². The largest absolute Gasteiger partial charge is 0.433 e. The van der Waals surface area contributed by atoms with Crippen molar-refractivity contribution in [1.82, 2.24) is 10.3 Å². The van der Waals surface area contributed by atoms with Crippen molar-refractivity contribution in [1.29, 1.82) is 0 Å². The molecule has 0 amide bonds. The molecule has 0 unspecified atom stereocenters. The minimum Gasteiger partial charge on any atom is -0.433 e. The third-order valence-electron chi connectivity index (χ3n) is 2.64. The molecule has 0 bridgehead atoms. The molecule has 4 nitrogen and oxygen atoms in total. The molecule has 0 radical (unpaired) electrons. The van der Waals surface area contributed by atoms with Crippen LogP contribution in [0, 0.1) is 0 Å². The van der Waals surface area contributed by atoms with Gasteiger partial charge in [-0.2, -0.15) is 8.78 Å². The van der Waals surface area contributed by atoms with Gasteiger partial charge >= 0.3 is 6.61 Å². The molecule has 1 atom stereocenters. The van der Waals surface area contributed by atoms with E-state index in [0.717, 1.165) is 25.5 Å². The molecule has 0 aliphatic carbocycles. The van der Waals surface area contributed by atoms with Crippen molar-refractivity contribution in [3.8, 4) is 5.75 Å². The van der Waals surface area contributed by atoms with E-state index in [0.29, 0.717) is 6.04 Å². The predicted octanol–water partition coefficient (Wildman–Crippen LogP) is 1.48. The first kappa shape index (κ1) is 12.0. The average Bonchev–Trinajstić information content (AvgIpc) is 2.29. The van der Waals surface area contributed by atoms with Gasteiger partial charge < -0.3 is 15.0 Å². The fourth-order valence-electron chi connectivity index (χ4n) is 1.87. The van der Waals surface area contributed by atoms with Crippen LogP contribution in [-0.2, 0) is 0 Å². The normalized spacial score (nSPS) is 20.7. The Morgan fingerprint density at radius 3 is 2.94 bits per heavy atom. The Labute approximate surface area is 98.6 Å². The Balaban J connectivity index is 2.01. The maximum Gasteiger partial charge on any atom is 0.387 e. The monoisotopic (exact) mass is 243 g/mol. The molecule has 1 aliphatic rings. The van der Waals surface area contributed by atoms with Crippen molar-refractivity contribution in [2.24, 2.45) is 0 Å². The van der Waals surface area contributed by atoms with Gasteiger partial charge in [0, 0.05) is 25.7 Å². The van der Waals surface area contributed by atoms with Crippen LogP contribution in [0.5, 0.6) is 5.75 Å². The van der Waals surface area contributed by atoms with E-state index in [2.05, 4.69) is 26.9 Å². The first-order chi connectivity index (χ1) is 8.15. The molecule has 2 rings (SSSR count). The molecular formula is C11H15F2N3O. The maximum absolute atomic E-state index is 12.0. The van der Waals surface area contributed by atoms with Gasteiger partial charge in [-0.05, 0) is 19.1 Å². The SMILES string of the molecule is C[C@H]1CN(c2ccc(OC(F)F)cn2)CCN1. The molecule has 0 aromatic carbocycles. The van der Waals surface area contributed by atoms with Crippen molar-refractivity contribution in [2.45, 2.75) is 19.6 Å². The molecule has 1 fully saturated rings. The Morgan fingerprint density at radius 2 is 2.35 bits per heavy atom. The second-order valence-electron chi connectivity index (χ2n) is 4.03. The van der Waals surface area contributed by atoms with Gasteiger partial charge in [0.1, 0.15) is 11.6 Å². The number of anilines is 1. The topological polar surface area (TPSA) is 37.4 Å². The standard InChI is InChI=1S/C11H15F2N3O/c1-8-7-16(5-4-14-8)10-3-2-9(6-15-10)17-11(12)13/h2-3,6,8,11,14H,4-5,7H2,1H3/t8-/m0/s1. The third kappa shape index (κ3) is 3.26. The summed E-state index contributed by atoms with van der Waals surface area (Å²) in [4.78, 5) is 6.25. The smallest absolute Gasteiger partial charge is 0.387 e. The van der Waals surface area contributed by atoms with Gasteiger partial charge in [-0.25, -0.2) is 4.98 Å². The molecular weight excluding hydrogens is 228 g/mol. The van der Waals surface area contributed by atoms with Crippen LogP contribution in [0.15, 0.2) is 18.3 Å². The van der Waals surface area contributed by atoms with E-state index < -0.39 is 6.61 Å². The van der Waals surface area contributed by atoms with Gasteiger partial charge in [-0.1, -0.05) is 0 Å². The van der Waals surface area contributed by atoms with Crippen LogP contribution in [0.2, 0.25) is 0 Å². The highest BCUT2D eigenvalue weighted by Gasteiger charge is 2.16. The van der Waals surface area contributed by atoms with Gasteiger partial charge in [-0.3, -0.25) is 0 Å². The van der Waals surface area contributed by atoms with E-state index in [-0.39, 0.29) is 5.75 Å². The highest BCUT2D eigenvalue weighted by atomic mass is 19.3. The molecule has 2 heterocycles. The molecule has 1 aromatic rings. The fourth-order valence-corrected chi connectivity index (χ4v) is 1.87. The number of aromatic nitrogens is 1. The second-order valence-corrected chi connectivity index (χ2v) is 4.03. The lowest BCUT2D eigenvalue weighted by Crippen LogP contribution is -2.49. The van der Waals surface area contributed by atoms with Crippen molar-refractivity contribution < 1.29 is 13.5 Å². The number of ether oxygens (including phenoxy) is 1. The minimum absolute atomic E-state index is 0.0898. The fraction of sp³-hybridized carbons (Fsp3) is 0.545. The maximum atomic E-state index is 12.0. The summed E-state index contributed by atoms with van der Waals surface area (Å²) in [5, 5.41) is 3.33. The quantitative estimate of drug-likeness (QED) is 0.872. The molecule has 1 N–H and O–H groups in total. The minimum atomic E-state index is -2.80. The number of halogens is 2. The van der Waals surface area contributed by atoms with E-state index in [1.165, 1.54) is 12.3 Å². The van der Waals surface area contributed by atoms with Gasteiger partial charge in [0.2, 0.25) is 0 Å². The number of pyridine rings is 1. The Morgan fingerprint density at radius 1 is 1.53 bits per heavy atom. The third-order valence-corrected chi connectivity index (χ3v) is 2.64. The number of hydrogen-bond acceptors (Lipinski definition) is 4. The summed E-state index contributed by atoms with van der Waals surface area (Å²) in [7, 11) is 0. The number of piperazine rings is 1. The molecule has 94 valence electrons. The zero-order valence-electron chi connectivity index (χ0n) is 9.57. The van der Waals surface area contributed by atoms with Crippen LogP contribution in [-0.4, -0.2) is 37.3 Å². The molecule has 6 heteroatoms. The Hall–Kier alpha value is -1.43. The van der Waals surface area contributed by atoms with Gasteiger partial charge in [-0.15, -0.1) is 0 Å². The lowest BCUT2D eigenvalue weighted by Gasteiger charge is -2.32. The second kappa shape index (κ2) is 5.27. The summed E-state index contributed by atoms with van der Waals surface area (Å²) < 4.78 is 28.2. The van der Waals surface area contributed by atoms with Crippen LogP contribution < -0.4 is 15.0 Å². The molecule has 1 saturated heterocycles. The molecule has 0 saturated carbocycles. The van der Waals surface area contributed by atoms with Crippen LogP contribution in [0.1, 0.15) is 6.92 Å². The summed E-state index contributed by atoms with van der Waals surface area (Å²) in [5.41, 5.74) is 0. The Kier molecular flexibility index (Phi) is 3.73. The van der Waals surface area contributed by atoms with Crippen LogP contribution in [0.25, 0.3) is 0 Å². The van der Waals surface area contributed by atoms with Gasteiger partial charge in [0.05, 0.1) is 6.20 Å². The predicted molar refractivity (Wildman–Crippen MR) is 60.5 cm³/mol. The van der Waals surface area contributed by atoms with Crippen LogP contribution in [0.4, 0.5) is 14.6 Å². The van der Waals surface area contributed by atoms with Gasteiger partial charge in [0.25, 0.3) is 0 Å². The number of rotatable bonds is 3. The van der Waals surface area contributed by atoms with Crippen molar-refractivity contribution >= 4 is 5.82 Å². The summed E-state index contributed by atoms with van der Waals surface area (Å²) >= 11 is 0. The number of hydrogen-bond donors (Lipinski definition) is 1. The van der Waals surface area contributed by atoms with Crippen molar-refractivity contribution in [3.63, 3.8) is 0 Å². The summed E-state index contributed by atoms with van der Waals surface area (Å²) in [6.07, 6.45) is 1.33. The molecule has 17 heavy (non-hydrogen) atoms. The highest BCUT2D eigenvalue weighted by molar-refractivity contribution is 5.41. The van der Waals surface area contributed by atoms with Crippen molar-refractivity contribution in [3.05, 3.63) is 18.3 Å². The van der Waals surface area contributed by atoms with E-state index >= 15 is 0 Å². The van der Waals surface area contributed by atoms with Crippen molar-refractivity contribution in [2.75, 3.05) is 24.5 Å². The molecule has 1 aromatic heterocycles. The number of nitrogens with one attached hydrogen (secondary N) is 1. The first-order valence-electron chi connectivity index (χ1n) is 5.54. The summed E-state index contributed by atoms with van der Waals surface area (Å²) in [5.74, 6) is 0.881. The summed E-state index contributed by atoms with van der Waals surface area (Å²) in [6.45, 7) is 1.93. The Bertz CT molecular complexity index is 358.